The number of piperidine rings is 1. The van der Waals surface area contributed by atoms with Crippen molar-refractivity contribution in [2.45, 2.75) is 33.1 Å². The van der Waals surface area contributed by atoms with Crippen LogP contribution in [0.25, 0.3) is 5.69 Å². The normalized spacial score (nSPS) is 14.6. The number of nitrogens with one attached hydrogen (secondary N) is 1. The van der Waals surface area contributed by atoms with Gasteiger partial charge in [-0.3, -0.25) is 9.59 Å². The van der Waals surface area contributed by atoms with Crippen molar-refractivity contribution >= 4 is 17.6 Å². The average Bonchev–Trinajstić information content (AvgIpc) is 3.06. The number of hydrogen-bond acceptors (Lipinski definition) is 3. The molecule has 0 aliphatic carbocycles. The molecule has 0 atom stereocenters. The van der Waals surface area contributed by atoms with Gasteiger partial charge in [0.25, 0.3) is 5.91 Å². The Balaban J connectivity index is 1.93. The molecule has 3 rings (SSSR count). The summed E-state index contributed by atoms with van der Waals surface area (Å²) < 4.78 is 1.62. The molecule has 132 valence electrons. The first-order valence-corrected chi connectivity index (χ1v) is 8.82. The number of hydrogen-bond donors (Lipinski definition) is 1. The Labute approximate surface area is 147 Å². The second-order valence-corrected chi connectivity index (χ2v) is 6.66. The quantitative estimate of drug-likeness (QED) is 0.930. The van der Waals surface area contributed by atoms with Gasteiger partial charge in [0.05, 0.1) is 5.69 Å². The highest BCUT2D eigenvalue weighted by Crippen LogP contribution is 2.20. The maximum Gasteiger partial charge on any atom is 0.274 e. The zero-order valence-electron chi connectivity index (χ0n) is 14.7. The number of nitrogens with zero attached hydrogens (tertiary/aromatic N) is 3. The maximum absolute atomic E-state index is 12.8. The summed E-state index contributed by atoms with van der Waals surface area (Å²) in [5, 5.41) is 7.36. The summed E-state index contributed by atoms with van der Waals surface area (Å²) in [6, 6.07) is 11.2. The molecule has 1 fully saturated rings. The molecular weight excluding hydrogens is 316 g/mol. The number of para-hydroxylation sites is 1. The van der Waals surface area contributed by atoms with Gasteiger partial charge in [-0.2, -0.15) is 5.10 Å². The summed E-state index contributed by atoms with van der Waals surface area (Å²) in [5.74, 6) is 0.189. The maximum atomic E-state index is 12.8. The molecule has 0 unspecified atom stereocenters. The number of amides is 2. The number of aromatic nitrogens is 2. The van der Waals surface area contributed by atoms with Gasteiger partial charge < -0.3 is 10.2 Å². The number of likely N-dealkylation sites (tertiary alicyclic amines) is 1. The number of rotatable bonds is 4. The monoisotopic (exact) mass is 340 g/mol. The second-order valence-electron chi connectivity index (χ2n) is 6.66. The molecular formula is C19H24N4O2. The van der Waals surface area contributed by atoms with E-state index >= 15 is 0 Å². The van der Waals surface area contributed by atoms with E-state index in [4.69, 9.17) is 0 Å². The Hall–Kier alpha value is -2.63. The Morgan fingerprint density at radius 2 is 1.76 bits per heavy atom. The molecule has 0 saturated carbocycles. The topological polar surface area (TPSA) is 67.2 Å². The molecule has 6 nitrogen and oxygen atoms in total. The molecule has 6 heteroatoms. The smallest absolute Gasteiger partial charge is 0.274 e. The van der Waals surface area contributed by atoms with Gasteiger partial charge in [-0.05, 0) is 31.4 Å². The van der Waals surface area contributed by atoms with Crippen molar-refractivity contribution < 1.29 is 9.59 Å². The lowest BCUT2D eigenvalue weighted by Crippen LogP contribution is -2.35. The Kier molecular flexibility index (Phi) is 5.16. The van der Waals surface area contributed by atoms with Crippen molar-refractivity contribution in [3.63, 3.8) is 0 Å². The van der Waals surface area contributed by atoms with Crippen LogP contribution in [0.5, 0.6) is 0 Å². The second kappa shape index (κ2) is 7.51. The van der Waals surface area contributed by atoms with Crippen LogP contribution in [0.4, 0.5) is 5.82 Å². The first-order valence-electron chi connectivity index (χ1n) is 8.82. The van der Waals surface area contributed by atoms with Gasteiger partial charge in [0.15, 0.2) is 5.69 Å². The van der Waals surface area contributed by atoms with Crippen molar-refractivity contribution in [1.29, 1.82) is 0 Å². The lowest BCUT2D eigenvalue weighted by molar-refractivity contribution is -0.118. The van der Waals surface area contributed by atoms with Crippen LogP contribution >= 0.6 is 0 Å². The van der Waals surface area contributed by atoms with Crippen LogP contribution in [0, 0.1) is 5.92 Å². The summed E-state index contributed by atoms with van der Waals surface area (Å²) in [7, 11) is 0. The fourth-order valence-electron chi connectivity index (χ4n) is 2.87. The fourth-order valence-corrected chi connectivity index (χ4v) is 2.87. The van der Waals surface area contributed by atoms with Gasteiger partial charge in [-0.25, -0.2) is 4.68 Å². The lowest BCUT2D eigenvalue weighted by atomic mass is 10.1. The van der Waals surface area contributed by atoms with E-state index in [-0.39, 0.29) is 17.7 Å². The molecule has 1 aliphatic heterocycles. The number of carbonyl (C=O) groups is 2. The summed E-state index contributed by atoms with van der Waals surface area (Å²) in [6.07, 6.45) is 3.22. The third-order valence-corrected chi connectivity index (χ3v) is 4.35. The molecule has 0 bridgehead atoms. The van der Waals surface area contributed by atoms with Crippen molar-refractivity contribution in [2.24, 2.45) is 5.92 Å². The van der Waals surface area contributed by atoms with Crippen molar-refractivity contribution in [3.05, 3.63) is 42.1 Å². The zero-order chi connectivity index (χ0) is 17.8. The van der Waals surface area contributed by atoms with E-state index in [1.54, 1.807) is 10.7 Å². The molecule has 1 aromatic heterocycles. The molecule has 1 saturated heterocycles. The summed E-state index contributed by atoms with van der Waals surface area (Å²) in [5.41, 5.74) is 1.17. The molecule has 2 heterocycles. The molecule has 1 N–H and O–H groups in total. The van der Waals surface area contributed by atoms with Crippen LogP contribution < -0.4 is 5.32 Å². The van der Waals surface area contributed by atoms with Crippen LogP contribution in [0.2, 0.25) is 0 Å². The van der Waals surface area contributed by atoms with Crippen molar-refractivity contribution in [1.82, 2.24) is 14.7 Å². The molecule has 1 aromatic carbocycles. The van der Waals surface area contributed by atoms with Crippen molar-refractivity contribution in [3.8, 4) is 5.69 Å². The van der Waals surface area contributed by atoms with E-state index in [2.05, 4.69) is 10.4 Å². The summed E-state index contributed by atoms with van der Waals surface area (Å²) in [6.45, 7) is 5.20. The summed E-state index contributed by atoms with van der Waals surface area (Å²) in [4.78, 5) is 26.7. The molecule has 2 amide bonds. The predicted molar refractivity (Wildman–Crippen MR) is 96.8 cm³/mol. The first-order chi connectivity index (χ1) is 12.1. The highest BCUT2D eigenvalue weighted by atomic mass is 16.2. The van der Waals surface area contributed by atoms with Gasteiger partial charge >= 0.3 is 0 Å². The number of anilines is 1. The van der Waals surface area contributed by atoms with Crippen LogP contribution in [-0.4, -0.2) is 39.6 Å². The molecule has 25 heavy (non-hydrogen) atoms. The average molecular weight is 340 g/mol. The lowest BCUT2D eigenvalue weighted by Gasteiger charge is -2.25. The standard InChI is InChI=1S/C19H24N4O2/c1-14(2)18(24)20-17-13-16(19(25)22-11-7-4-8-12-22)21-23(17)15-9-5-3-6-10-15/h3,5-6,9-10,13-14H,4,7-8,11-12H2,1-2H3,(H,20,24). The Morgan fingerprint density at radius 3 is 2.40 bits per heavy atom. The van der Waals surface area contributed by atoms with E-state index in [0.29, 0.717) is 11.5 Å². The zero-order valence-corrected chi connectivity index (χ0v) is 14.7. The number of benzene rings is 1. The Bertz CT molecular complexity index is 746. The van der Waals surface area contributed by atoms with Gasteiger partial charge in [0.1, 0.15) is 5.82 Å². The third-order valence-electron chi connectivity index (χ3n) is 4.35. The van der Waals surface area contributed by atoms with Crippen LogP contribution in [-0.2, 0) is 4.79 Å². The molecule has 1 aliphatic rings. The minimum Gasteiger partial charge on any atom is -0.337 e. The molecule has 2 aromatic rings. The number of carbonyl (C=O) groups excluding carboxylic acids is 2. The predicted octanol–water partition coefficient (Wildman–Crippen LogP) is 3.09. The van der Waals surface area contributed by atoms with Gasteiger partial charge in [-0.1, -0.05) is 32.0 Å². The van der Waals surface area contributed by atoms with Crippen LogP contribution in [0.15, 0.2) is 36.4 Å². The minimum atomic E-state index is -0.152. The van der Waals surface area contributed by atoms with E-state index in [0.717, 1.165) is 38.0 Å². The molecule has 0 radical (unpaired) electrons. The van der Waals surface area contributed by atoms with Gasteiger partial charge in [-0.15, -0.1) is 0 Å². The van der Waals surface area contributed by atoms with E-state index in [9.17, 15) is 9.59 Å². The highest BCUT2D eigenvalue weighted by molar-refractivity contribution is 5.96. The van der Waals surface area contributed by atoms with Crippen LogP contribution in [0.3, 0.4) is 0 Å². The first kappa shape index (κ1) is 17.2. The van der Waals surface area contributed by atoms with Crippen LogP contribution in [0.1, 0.15) is 43.6 Å². The van der Waals surface area contributed by atoms with E-state index in [1.807, 2.05) is 49.1 Å². The molecule has 0 spiro atoms. The largest absolute Gasteiger partial charge is 0.337 e. The van der Waals surface area contributed by atoms with Gasteiger partial charge in [0, 0.05) is 25.1 Å². The fraction of sp³-hybridized carbons (Fsp3) is 0.421. The minimum absolute atomic E-state index is 0.0746. The van der Waals surface area contributed by atoms with E-state index < -0.39 is 0 Å². The third kappa shape index (κ3) is 3.90. The van der Waals surface area contributed by atoms with E-state index in [1.165, 1.54) is 0 Å². The van der Waals surface area contributed by atoms with Crippen molar-refractivity contribution in [2.75, 3.05) is 18.4 Å². The summed E-state index contributed by atoms with van der Waals surface area (Å²) >= 11 is 0. The Morgan fingerprint density at radius 1 is 1.08 bits per heavy atom. The highest BCUT2D eigenvalue weighted by Gasteiger charge is 2.23. The van der Waals surface area contributed by atoms with Gasteiger partial charge in [0.2, 0.25) is 5.91 Å². The SMILES string of the molecule is CC(C)C(=O)Nc1cc(C(=O)N2CCCCC2)nn1-c1ccccc1.